The van der Waals surface area contributed by atoms with E-state index in [0.29, 0.717) is 42.9 Å². The quantitative estimate of drug-likeness (QED) is 0.178. The second-order valence-corrected chi connectivity index (χ2v) is 14.4. The number of rotatable bonds is 8. The van der Waals surface area contributed by atoms with E-state index >= 15 is 0 Å². The molecule has 5 aliphatic rings. The zero-order valence-corrected chi connectivity index (χ0v) is 26.2. The number of esters is 1. The first-order chi connectivity index (χ1) is 20.0. The molecule has 5 rings (SSSR count). The van der Waals surface area contributed by atoms with Gasteiger partial charge < -0.3 is 14.7 Å². The van der Waals surface area contributed by atoms with Crippen LogP contribution in [0.25, 0.3) is 0 Å². The Morgan fingerprint density at radius 1 is 1.10 bits per heavy atom. The highest BCUT2D eigenvalue weighted by Crippen LogP contribution is 2.66. The van der Waals surface area contributed by atoms with Crippen molar-refractivity contribution in [3.05, 3.63) is 11.6 Å². The maximum atomic E-state index is 13.1. The maximum Gasteiger partial charge on any atom is 0.436 e. The highest BCUT2D eigenvalue weighted by Gasteiger charge is 2.59. The molecule has 0 spiro atoms. The number of nitrogens with one attached hydrogen (secondary N) is 1. The minimum atomic E-state index is -0.576. The van der Waals surface area contributed by atoms with E-state index in [4.69, 9.17) is 9.57 Å². The van der Waals surface area contributed by atoms with Crippen molar-refractivity contribution < 1.29 is 29.1 Å². The molecular formula is C33H51N3O6. The van der Waals surface area contributed by atoms with Crippen LogP contribution in [0.1, 0.15) is 98.8 Å². The predicted molar refractivity (Wildman–Crippen MR) is 160 cm³/mol. The van der Waals surface area contributed by atoms with Crippen molar-refractivity contribution >= 4 is 23.6 Å². The minimum absolute atomic E-state index is 0.0847. The van der Waals surface area contributed by atoms with E-state index in [9.17, 15) is 19.5 Å². The van der Waals surface area contributed by atoms with Crippen LogP contribution in [0.15, 0.2) is 16.8 Å². The van der Waals surface area contributed by atoms with Gasteiger partial charge in [-0.15, -0.1) is 0 Å². The average Bonchev–Trinajstić information content (AvgIpc) is 3.55. The van der Waals surface area contributed by atoms with Crippen LogP contribution < -0.4 is 5.32 Å². The number of hydrogen-bond donors (Lipinski definition) is 2. The van der Waals surface area contributed by atoms with Crippen LogP contribution in [0.3, 0.4) is 0 Å². The lowest BCUT2D eigenvalue weighted by atomic mass is 9.46. The number of aliphatic hydroxyl groups is 1. The molecule has 3 saturated carbocycles. The summed E-state index contributed by atoms with van der Waals surface area (Å²) >= 11 is 0. The molecule has 1 aliphatic heterocycles. The molecule has 9 heteroatoms. The van der Waals surface area contributed by atoms with E-state index in [-0.39, 0.29) is 54.1 Å². The average molecular weight is 586 g/mol. The number of hydrogen-bond acceptors (Lipinski definition) is 8. The number of aliphatic hydroxyl groups excluding tert-OH is 1. The van der Waals surface area contributed by atoms with Gasteiger partial charge in [0.25, 0.3) is 0 Å². The monoisotopic (exact) mass is 585 g/mol. The Kier molecular flexibility index (Phi) is 9.19. The number of carbonyl (C=O) groups is 3. The molecule has 234 valence electrons. The Morgan fingerprint density at radius 3 is 2.62 bits per heavy atom. The first-order valence-electron chi connectivity index (χ1n) is 16.3. The van der Waals surface area contributed by atoms with Gasteiger partial charge in [-0.2, -0.15) is 0 Å². The largest absolute Gasteiger partial charge is 0.462 e. The molecule has 0 bridgehead atoms. The molecule has 2 N–H and O–H groups in total. The van der Waals surface area contributed by atoms with E-state index in [1.54, 1.807) is 0 Å². The number of oxime groups is 1. The van der Waals surface area contributed by atoms with Gasteiger partial charge in [0.15, 0.2) is 5.78 Å². The molecule has 2 unspecified atom stereocenters. The van der Waals surface area contributed by atoms with E-state index in [1.165, 1.54) is 29.7 Å². The van der Waals surface area contributed by atoms with Crippen molar-refractivity contribution in [1.82, 2.24) is 10.2 Å². The number of allylic oxidation sites excluding steroid dienone is 1. The number of fused-ring (bicyclic) bond motifs is 5. The van der Waals surface area contributed by atoms with Gasteiger partial charge in [0, 0.05) is 31.5 Å². The molecule has 0 radical (unpaired) electrons. The highest BCUT2D eigenvalue weighted by atomic mass is 16.7. The van der Waals surface area contributed by atoms with Crippen molar-refractivity contribution in [1.29, 1.82) is 0 Å². The van der Waals surface area contributed by atoms with Gasteiger partial charge >= 0.3 is 12.1 Å². The van der Waals surface area contributed by atoms with Crippen LogP contribution in [0, 0.1) is 34.5 Å². The third-order valence-corrected chi connectivity index (χ3v) is 11.7. The van der Waals surface area contributed by atoms with Gasteiger partial charge in [0.1, 0.15) is 6.04 Å². The van der Waals surface area contributed by atoms with Gasteiger partial charge in [-0.1, -0.05) is 24.6 Å². The fourth-order valence-corrected chi connectivity index (χ4v) is 9.59. The number of ether oxygens (including phenoxy) is 1. The molecule has 1 saturated heterocycles. The Labute approximate surface area is 250 Å². The normalized spacial score (nSPS) is 37.9. The molecular weight excluding hydrogens is 534 g/mol. The van der Waals surface area contributed by atoms with Gasteiger partial charge in [-0.05, 0) is 113 Å². The number of nitrogens with zero attached hydrogens (tertiary/aromatic N) is 2. The van der Waals surface area contributed by atoms with Crippen LogP contribution in [0.2, 0.25) is 0 Å². The second-order valence-electron chi connectivity index (χ2n) is 14.4. The lowest BCUT2D eigenvalue weighted by Gasteiger charge is -2.58. The van der Waals surface area contributed by atoms with Gasteiger partial charge in [-0.3, -0.25) is 19.7 Å². The molecule has 4 aliphatic carbocycles. The summed E-state index contributed by atoms with van der Waals surface area (Å²) in [6.07, 6.45) is 11.0. The van der Waals surface area contributed by atoms with E-state index in [1.807, 2.05) is 26.8 Å². The van der Waals surface area contributed by atoms with Crippen LogP contribution >= 0.6 is 0 Å². The van der Waals surface area contributed by atoms with Crippen LogP contribution in [0.4, 0.5) is 4.79 Å². The summed E-state index contributed by atoms with van der Waals surface area (Å²) in [4.78, 5) is 44.5. The third kappa shape index (κ3) is 5.92. The Hall–Kier alpha value is -2.26. The van der Waals surface area contributed by atoms with Crippen LogP contribution in [-0.4, -0.2) is 71.4 Å². The summed E-state index contributed by atoms with van der Waals surface area (Å²) in [6, 6.07) is -0.468. The molecule has 9 nitrogen and oxygen atoms in total. The fourth-order valence-electron chi connectivity index (χ4n) is 9.59. The standard InChI is InChI=1S/C33H51N3O6/c1-20(2)41-30(39)29-11-7-23(34-29)19-36(16-17-37)31(40)42-35-21(3)26-9-10-27-25-8-6-22-18-24(38)12-14-32(22,4)28(25)13-15-33(26,27)5/h18,20,23,25-29,34,37H,6-17,19H2,1-5H3/b35-21+/t23?,25-,26+,27-,28-,29?,32-,33+/m0/s1. The topological polar surface area (TPSA) is 118 Å². The minimum Gasteiger partial charge on any atom is -0.462 e. The molecule has 0 aromatic heterocycles. The van der Waals surface area contributed by atoms with Crippen LogP contribution in [0.5, 0.6) is 0 Å². The number of ketones is 1. The number of amides is 1. The number of carbonyl (C=O) groups excluding carboxylic acids is 3. The summed E-state index contributed by atoms with van der Waals surface area (Å²) in [5.41, 5.74) is 2.56. The maximum absolute atomic E-state index is 13.1. The predicted octanol–water partition coefficient (Wildman–Crippen LogP) is 5.01. The van der Waals surface area contributed by atoms with Crippen molar-refractivity contribution in [3.63, 3.8) is 0 Å². The first-order valence-corrected chi connectivity index (χ1v) is 16.3. The summed E-state index contributed by atoms with van der Waals surface area (Å²) in [6.45, 7) is 10.8. The van der Waals surface area contributed by atoms with E-state index in [2.05, 4.69) is 24.3 Å². The Bertz CT molecular complexity index is 1120. The zero-order chi connectivity index (χ0) is 30.2. The summed E-state index contributed by atoms with van der Waals surface area (Å²) < 4.78 is 5.32. The van der Waals surface area contributed by atoms with Gasteiger partial charge in [0.2, 0.25) is 0 Å². The fraction of sp³-hybridized carbons (Fsp3) is 0.818. The SMILES string of the molecule is C/C(=N\OC(=O)N(CCO)CC1CCC(C(=O)OC(C)C)N1)[C@H]1CC[C@H]2[C@@H]3CCC4=CC(=O)CC[C@]4(C)[C@H]3CC[C@]12C. The van der Waals surface area contributed by atoms with E-state index < -0.39 is 6.09 Å². The molecule has 4 fully saturated rings. The first kappa shape index (κ1) is 31.2. The Morgan fingerprint density at radius 2 is 1.88 bits per heavy atom. The molecule has 42 heavy (non-hydrogen) atoms. The third-order valence-electron chi connectivity index (χ3n) is 11.7. The Balaban J connectivity index is 1.20. The summed E-state index contributed by atoms with van der Waals surface area (Å²) in [5, 5.41) is 17.3. The zero-order valence-electron chi connectivity index (χ0n) is 26.2. The molecule has 0 aromatic carbocycles. The van der Waals surface area contributed by atoms with E-state index in [0.717, 1.165) is 37.8 Å². The van der Waals surface area contributed by atoms with Crippen molar-refractivity contribution in [2.75, 3.05) is 19.7 Å². The molecule has 1 heterocycles. The lowest BCUT2D eigenvalue weighted by molar-refractivity contribution is -0.149. The second kappa shape index (κ2) is 12.4. The molecule has 1 amide bonds. The summed E-state index contributed by atoms with van der Waals surface area (Å²) in [5.74, 6) is 2.23. The van der Waals surface area contributed by atoms with Crippen LogP contribution in [-0.2, 0) is 19.2 Å². The van der Waals surface area contributed by atoms with Crippen molar-refractivity contribution in [2.45, 2.75) is 117 Å². The molecule has 0 aromatic rings. The van der Waals surface area contributed by atoms with Gasteiger partial charge in [0.05, 0.1) is 18.4 Å². The van der Waals surface area contributed by atoms with Crippen molar-refractivity contribution in [3.8, 4) is 0 Å². The molecule has 8 atom stereocenters. The summed E-state index contributed by atoms with van der Waals surface area (Å²) in [7, 11) is 0. The van der Waals surface area contributed by atoms with Crippen molar-refractivity contribution in [2.24, 2.45) is 39.7 Å². The lowest BCUT2D eigenvalue weighted by Crippen LogP contribution is -2.51. The highest BCUT2D eigenvalue weighted by molar-refractivity contribution is 5.91. The van der Waals surface area contributed by atoms with Gasteiger partial charge in [-0.25, -0.2) is 4.79 Å². The smallest absolute Gasteiger partial charge is 0.436 e.